The van der Waals surface area contributed by atoms with Crippen molar-refractivity contribution in [3.63, 3.8) is 0 Å². The van der Waals surface area contributed by atoms with Gasteiger partial charge in [0.2, 0.25) is 0 Å². The van der Waals surface area contributed by atoms with Gasteiger partial charge in [0.1, 0.15) is 0 Å². The molecule has 8 nitrogen and oxygen atoms in total. The van der Waals surface area contributed by atoms with Crippen LogP contribution in [0.2, 0.25) is 0 Å². The molecule has 2 heterocycles. The number of benzene rings is 7. The minimum atomic E-state index is 0.449. The van der Waals surface area contributed by atoms with Crippen molar-refractivity contribution in [2.24, 2.45) is 0 Å². The maximum atomic E-state index is 10.3. The van der Waals surface area contributed by atoms with E-state index in [2.05, 4.69) is 55.2 Å². The molecule has 0 bridgehead atoms. The summed E-state index contributed by atoms with van der Waals surface area (Å²) in [6.07, 6.45) is 0. The molecule has 260 valence electrons. The minimum absolute atomic E-state index is 0.449. The van der Waals surface area contributed by atoms with Crippen LogP contribution in [-0.2, 0) is 0 Å². The summed E-state index contributed by atoms with van der Waals surface area (Å²) in [5, 5.41) is 43.0. The molecule has 0 aliphatic rings. The van der Waals surface area contributed by atoms with Gasteiger partial charge in [-0.15, -0.1) is 0 Å². The molecular formula is C49H24N8. The van der Waals surface area contributed by atoms with Gasteiger partial charge in [-0.2, -0.15) is 21.0 Å². The minimum Gasteiger partial charge on any atom is -0.309 e. The summed E-state index contributed by atoms with van der Waals surface area (Å²) in [7, 11) is 0. The van der Waals surface area contributed by atoms with Crippen LogP contribution in [0.5, 0.6) is 0 Å². The van der Waals surface area contributed by atoms with Gasteiger partial charge in [-0.3, -0.25) is 0 Å². The molecule has 0 aliphatic heterocycles. The summed E-state index contributed by atoms with van der Waals surface area (Å²) < 4.78 is 4.26. The molecule has 0 fully saturated rings. The predicted octanol–water partition coefficient (Wildman–Crippen LogP) is 12.1. The second-order valence-electron chi connectivity index (χ2n) is 13.7. The SMILES string of the molecule is [C-]#[N+]c1ccc2c(c1)c1cc(C#N)ccc1n2-c1ccc(C#N)cc1-c1cc(-c2ccc(C#N)cc2C)ccc1-n1c2ccc(C#N)cc2c2cc([N+]#[C-])ccc21. The van der Waals surface area contributed by atoms with E-state index in [9.17, 15) is 21.0 Å². The van der Waals surface area contributed by atoms with Gasteiger partial charge < -0.3 is 9.13 Å². The lowest BCUT2D eigenvalue weighted by molar-refractivity contribution is 1.16. The molecule has 8 heteroatoms. The first-order valence-electron chi connectivity index (χ1n) is 17.8. The van der Waals surface area contributed by atoms with Crippen molar-refractivity contribution in [1.82, 2.24) is 9.13 Å². The lowest BCUT2D eigenvalue weighted by Gasteiger charge is -2.20. The van der Waals surface area contributed by atoms with E-state index < -0.39 is 0 Å². The van der Waals surface area contributed by atoms with Crippen LogP contribution in [-0.4, -0.2) is 9.13 Å². The summed E-state index contributed by atoms with van der Waals surface area (Å²) >= 11 is 0. The summed E-state index contributed by atoms with van der Waals surface area (Å²) in [6.45, 7) is 17.5. The summed E-state index contributed by atoms with van der Waals surface area (Å²) in [5.41, 5.74) is 12.1. The van der Waals surface area contributed by atoms with Crippen LogP contribution < -0.4 is 0 Å². The van der Waals surface area contributed by atoms with Crippen molar-refractivity contribution in [1.29, 1.82) is 21.0 Å². The molecule has 0 N–H and O–H groups in total. The Balaban J connectivity index is 1.44. The van der Waals surface area contributed by atoms with Crippen molar-refractivity contribution in [2.75, 3.05) is 0 Å². The third-order valence-electron chi connectivity index (χ3n) is 10.6. The molecule has 0 radical (unpaired) electrons. The highest BCUT2D eigenvalue weighted by molar-refractivity contribution is 6.13. The standard InChI is InChI=1S/C49H24N8/c1-29-18-30(25-50)4-11-37(29)34-8-15-47(57-46-14-7-33(28-53)21-40(46)43-24-36(55-3)10-17-49(43)57)41(22-34)38-19-31(26-51)5-12-44(38)56-45-13-6-32(27-52)20-39(45)42-23-35(54-2)9-16-48(42)56/h4-24H,1H3. The van der Waals surface area contributed by atoms with E-state index in [0.29, 0.717) is 33.6 Å². The fourth-order valence-corrected chi connectivity index (χ4v) is 8.01. The van der Waals surface area contributed by atoms with Gasteiger partial charge in [-0.05, 0) is 138 Å². The normalized spacial score (nSPS) is 10.8. The quantitative estimate of drug-likeness (QED) is 0.168. The van der Waals surface area contributed by atoms with Gasteiger partial charge in [-0.25, -0.2) is 9.69 Å². The maximum Gasteiger partial charge on any atom is 0.188 e. The Hall–Kier alpha value is -8.92. The second kappa shape index (κ2) is 13.2. The van der Waals surface area contributed by atoms with E-state index in [0.717, 1.165) is 82.8 Å². The van der Waals surface area contributed by atoms with E-state index in [-0.39, 0.29) is 0 Å². The summed E-state index contributed by atoms with van der Waals surface area (Å²) in [6, 6.07) is 48.7. The molecule has 9 aromatic rings. The van der Waals surface area contributed by atoms with Crippen LogP contribution in [0.4, 0.5) is 11.4 Å². The first kappa shape index (κ1) is 33.9. The highest BCUT2D eigenvalue weighted by Crippen LogP contribution is 2.44. The Kier molecular flexibility index (Phi) is 7.84. The largest absolute Gasteiger partial charge is 0.309 e. The van der Waals surface area contributed by atoms with Crippen molar-refractivity contribution in [3.8, 4) is 57.9 Å². The van der Waals surface area contributed by atoms with E-state index in [1.807, 2.05) is 85.8 Å². The molecule has 0 spiro atoms. The van der Waals surface area contributed by atoms with Crippen LogP contribution >= 0.6 is 0 Å². The molecule has 2 aromatic heterocycles. The number of hydrogen-bond acceptors (Lipinski definition) is 4. The number of nitriles is 4. The lowest BCUT2D eigenvalue weighted by Crippen LogP contribution is -2.03. The van der Waals surface area contributed by atoms with E-state index >= 15 is 0 Å². The molecule has 57 heavy (non-hydrogen) atoms. The number of aryl methyl sites for hydroxylation is 1. The Morgan fingerprint density at radius 3 is 1.32 bits per heavy atom. The van der Waals surface area contributed by atoms with Crippen LogP contribution in [0.15, 0.2) is 127 Å². The zero-order chi connectivity index (χ0) is 39.4. The average Bonchev–Trinajstić information content (AvgIpc) is 3.76. The third kappa shape index (κ3) is 5.32. The Labute approximate surface area is 327 Å². The van der Waals surface area contributed by atoms with Gasteiger partial charge in [0.25, 0.3) is 0 Å². The summed E-state index contributed by atoms with van der Waals surface area (Å²) in [5.74, 6) is 0. The molecule has 0 saturated heterocycles. The van der Waals surface area contributed by atoms with Gasteiger partial charge in [0.05, 0.1) is 93.1 Å². The van der Waals surface area contributed by atoms with Crippen LogP contribution in [0.25, 0.3) is 86.9 Å². The van der Waals surface area contributed by atoms with Crippen molar-refractivity contribution < 1.29 is 0 Å². The highest BCUT2D eigenvalue weighted by atomic mass is 15.0. The van der Waals surface area contributed by atoms with Gasteiger partial charge in [-0.1, -0.05) is 24.3 Å². The number of hydrogen-bond donors (Lipinski definition) is 0. The number of nitrogens with zero attached hydrogens (tertiary/aromatic N) is 8. The number of aromatic nitrogens is 2. The van der Waals surface area contributed by atoms with Crippen LogP contribution in [0.3, 0.4) is 0 Å². The summed E-state index contributed by atoms with van der Waals surface area (Å²) in [4.78, 5) is 7.39. The second-order valence-corrected chi connectivity index (χ2v) is 13.7. The molecule has 0 atom stereocenters. The fraction of sp³-hybridized carbons (Fsp3) is 0.0204. The fourth-order valence-electron chi connectivity index (χ4n) is 8.01. The molecule has 0 saturated carbocycles. The van der Waals surface area contributed by atoms with Crippen molar-refractivity contribution in [3.05, 3.63) is 178 Å². The van der Waals surface area contributed by atoms with Crippen LogP contribution in [0, 0.1) is 65.4 Å². The molecule has 0 aliphatic carbocycles. The first-order chi connectivity index (χ1) is 27.9. The van der Waals surface area contributed by atoms with Crippen molar-refractivity contribution >= 4 is 55.0 Å². The van der Waals surface area contributed by atoms with E-state index in [4.69, 9.17) is 13.1 Å². The first-order valence-corrected chi connectivity index (χ1v) is 17.8. The maximum absolute atomic E-state index is 10.3. The predicted molar refractivity (Wildman–Crippen MR) is 222 cm³/mol. The Morgan fingerprint density at radius 1 is 0.421 bits per heavy atom. The number of rotatable bonds is 4. The monoisotopic (exact) mass is 724 g/mol. The topological polar surface area (TPSA) is 114 Å². The Bertz CT molecular complexity index is 3360. The molecular weight excluding hydrogens is 701 g/mol. The zero-order valence-corrected chi connectivity index (χ0v) is 30.2. The van der Waals surface area contributed by atoms with Gasteiger partial charge in [0.15, 0.2) is 11.4 Å². The zero-order valence-electron chi connectivity index (χ0n) is 30.2. The van der Waals surface area contributed by atoms with Crippen LogP contribution in [0.1, 0.15) is 27.8 Å². The highest BCUT2D eigenvalue weighted by Gasteiger charge is 2.23. The smallest absolute Gasteiger partial charge is 0.188 e. The lowest BCUT2D eigenvalue weighted by atomic mass is 9.92. The average molecular weight is 725 g/mol. The third-order valence-corrected chi connectivity index (χ3v) is 10.6. The molecule has 9 rings (SSSR count). The van der Waals surface area contributed by atoms with Crippen molar-refractivity contribution in [2.45, 2.75) is 6.92 Å². The number of fused-ring (bicyclic) bond motifs is 6. The Morgan fingerprint density at radius 2 is 0.825 bits per heavy atom. The molecule has 0 unspecified atom stereocenters. The van der Waals surface area contributed by atoms with Gasteiger partial charge >= 0.3 is 0 Å². The molecule has 7 aromatic carbocycles. The van der Waals surface area contributed by atoms with E-state index in [1.54, 1.807) is 36.4 Å². The molecule has 0 amide bonds. The van der Waals surface area contributed by atoms with E-state index in [1.165, 1.54) is 0 Å². The van der Waals surface area contributed by atoms with Gasteiger partial charge in [0, 0.05) is 21.9 Å².